The van der Waals surface area contributed by atoms with E-state index in [1.807, 2.05) is 0 Å². The summed E-state index contributed by atoms with van der Waals surface area (Å²) in [6.45, 7) is 11.0. The Balaban J connectivity index is 3.12. The third-order valence-electron chi connectivity index (χ3n) is 5.80. The van der Waals surface area contributed by atoms with E-state index in [0.717, 1.165) is 13.2 Å². The fourth-order valence-electron chi connectivity index (χ4n) is 3.79. The Hall–Kier alpha value is -0.0800. The van der Waals surface area contributed by atoms with Crippen molar-refractivity contribution < 1.29 is 9.47 Å². The van der Waals surface area contributed by atoms with Crippen LogP contribution in [0.2, 0.25) is 0 Å². The topological polar surface area (TPSA) is 18.5 Å². The summed E-state index contributed by atoms with van der Waals surface area (Å²) in [5, 5.41) is 0. The molecule has 29 heavy (non-hydrogen) atoms. The molecule has 0 fully saturated rings. The van der Waals surface area contributed by atoms with Crippen molar-refractivity contribution in [3.05, 3.63) is 6.92 Å². The second kappa shape index (κ2) is 26.0. The molecule has 0 aromatic carbocycles. The number of unbranched alkanes of at least 4 members (excludes halogenated alkanes) is 18. The van der Waals surface area contributed by atoms with Crippen LogP contribution in [-0.4, -0.2) is 25.9 Å². The summed E-state index contributed by atoms with van der Waals surface area (Å²) in [7, 11) is 0. The molecule has 0 unspecified atom stereocenters. The van der Waals surface area contributed by atoms with Crippen LogP contribution in [0.4, 0.5) is 0 Å². The van der Waals surface area contributed by atoms with Gasteiger partial charge < -0.3 is 9.47 Å². The van der Waals surface area contributed by atoms with Gasteiger partial charge in [-0.05, 0) is 19.8 Å². The van der Waals surface area contributed by atoms with Gasteiger partial charge in [0.1, 0.15) is 0 Å². The SMILES string of the molecule is [CH2][C@H](COCCCCCCCCCCCC)OCCCCCCCCCCCC. The molecule has 0 saturated carbocycles. The first kappa shape index (κ1) is 28.9. The number of rotatable bonds is 25. The van der Waals surface area contributed by atoms with E-state index in [1.54, 1.807) is 0 Å². The highest BCUT2D eigenvalue weighted by Crippen LogP contribution is 2.12. The molecule has 0 aromatic heterocycles. The second-order valence-corrected chi connectivity index (χ2v) is 8.93. The fraction of sp³-hybridized carbons (Fsp3) is 0.963. The Bertz CT molecular complexity index is 280. The predicted molar refractivity (Wildman–Crippen MR) is 130 cm³/mol. The Morgan fingerprint density at radius 2 is 0.828 bits per heavy atom. The summed E-state index contributed by atoms with van der Waals surface area (Å²) >= 11 is 0. The molecular formula is C27H55O2. The molecule has 0 N–H and O–H groups in total. The van der Waals surface area contributed by atoms with Gasteiger partial charge in [-0.3, -0.25) is 0 Å². The lowest BCUT2D eigenvalue weighted by Gasteiger charge is -2.13. The normalized spacial score (nSPS) is 12.5. The molecule has 0 saturated heterocycles. The fourth-order valence-corrected chi connectivity index (χ4v) is 3.79. The smallest absolute Gasteiger partial charge is 0.0809 e. The molecule has 0 spiro atoms. The Morgan fingerprint density at radius 3 is 1.24 bits per heavy atom. The molecule has 2 nitrogen and oxygen atoms in total. The lowest BCUT2D eigenvalue weighted by Crippen LogP contribution is -2.17. The van der Waals surface area contributed by atoms with E-state index in [4.69, 9.17) is 9.47 Å². The molecule has 1 radical (unpaired) electrons. The van der Waals surface area contributed by atoms with Crippen molar-refractivity contribution in [3.63, 3.8) is 0 Å². The number of hydrogen-bond acceptors (Lipinski definition) is 2. The molecule has 0 bridgehead atoms. The van der Waals surface area contributed by atoms with Gasteiger partial charge in [-0.15, -0.1) is 0 Å². The average Bonchev–Trinajstić information content (AvgIpc) is 2.72. The average molecular weight is 412 g/mol. The van der Waals surface area contributed by atoms with Gasteiger partial charge in [0.25, 0.3) is 0 Å². The van der Waals surface area contributed by atoms with Crippen LogP contribution in [0.5, 0.6) is 0 Å². The zero-order chi connectivity index (χ0) is 21.3. The van der Waals surface area contributed by atoms with Crippen LogP contribution in [0.15, 0.2) is 0 Å². The summed E-state index contributed by atoms with van der Waals surface area (Å²) in [4.78, 5) is 0. The first-order chi connectivity index (χ1) is 14.3. The zero-order valence-corrected chi connectivity index (χ0v) is 20.4. The first-order valence-electron chi connectivity index (χ1n) is 13.3. The van der Waals surface area contributed by atoms with E-state index in [1.165, 1.54) is 128 Å². The van der Waals surface area contributed by atoms with Gasteiger partial charge in [0.2, 0.25) is 0 Å². The van der Waals surface area contributed by atoms with Crippen molar-refractivity contribution in [1.82, 2.24) is 0 Å². The molecule has 175 valence electrons. The third kappa shape index (κ3) is 25.9. The second-order valence-electron chi connectivity index (χ2n) is 8.93. The van der Waals surface area contributed by atoms with Gasteiger partial charge in [0, 0.05) is 13.2 Å². The van der Waals surface area contributed by atoms with E-state index in [2.05, 4.69) is 20.8 Å². The van der Waals surface area contributed by atoms with Crippen molar-refractivity contribution in [2.75, 3.05) is 19.8 Å². The minimum atomic E-state index is -0.00307. The van der Waals surface area contributed by atoms with Crippen LogP contribution in [0, 0.1) is 6.92 Å². The maximum Gasteiger partial charge on any atom is 0.0809 e. The largest absolute Gasteiger partial charge is 0.379 e. The Morgan fingerprint density at radius 1 is 0.483 bits per heavy atom. The van der Waals surface area contributed by atoms with Gasteiger partial charge in [-0.25, -0.2) is 0 Å². The summed E-state index contributed by atoms with van der Waals surface area (Å²) in [5.41, 5.74) is 0. The Kier molecular flexibility index (Phi) is 25.9. The lowest BCUT2D eigenvalue weighted by molar-refractivity contribution is 0.00440. The molecule has 2 heteroatoms. The summed E-state index contributed by atoms with van der Waals surface area (Å²) in [6.07, 6.45) is 27.3. The summed E-state index contributed by atoms with van der Waals surface area (Å²) in [6, 6.07) is 0. The predicted octanol–water partition coefficient (Wildman–Crippen LogP) is 9.06. The maximum absolute atomic E-state index is 5.78. The van der Waals surface area contributed by atoms with E-state index in [9.17, 15) is 0 Å². The highest BCUT2D eigenvalue weighted by molar-refractivity contribution is 4.58. The Labute approximate surface area is 184 Å². The van der Waals surface area contributed by atoms with Crippen LogP contribution >= 0.6 is 0 Å². The van der Waals surface area contributed by atoms with Crippen molar-refractivity contribution in [2.24, 2.45) is 0 Å². The molecule has 0 aliphatic carbocycles. The first-order valence-corrected chi connectivity index (χ1v) is 13.3. The molecule has 0 amide bonds. The van der Waals surface area contributed by atoms with Crippen molar-refractivity contribution in [1.29, 1.82) is 0 Å². The number of hydrogen-bond donors (Lipinski definition) is 0. The highest BCUT2D eigenvalue weighted by Gasteiger charge is 2.02. The number of ether oxygens (including phenoxy) is 2. The maximum atomic E-state index is 5.78. The van der Waals surface area contributed by atoms with Gasteiger partial charge in [-0.1, -0.05) is 129 Å². The highest BCUT2D eigenvalue weighted by atomic mass is 16.5. The molecule has 0 rings (SSSR count). The lowest BCUT2D eigenvalue weighted by atomic mass is 10.1. The minimum Gasteiger partial charge on any atom is -0.379 e. The van der Waals surface area contributed by atoms with Crippen molar-refractivity contribution >= 4 is 0 Å². The van der Waals surface area contributed by atoms with Crippen LogP contribution in [-0.2, 0) is 9.47 Å². The van der Waals surface area contributed by atoms with E-state index >= 15 is 0 Å². The van der Waals surface area contributed by atoms with Gasteiger partial charge >= 0.3 is 0 Å². The van der Waals surface area contributed by atoms with Crippen LogP contribution in [0.1, 0.15) is 142 Å². The summed E-state index contributed by atoms with van der Waals surface area (Å²) in [5.74, 6) is 0. The van der Waals surface area contributed by atoms with E-state index in [-0.39, 0.29) is 6.10 Å². The summed E-state index contributed by atoms with van der Waals surface area (Å²) < 4.78 is 11.5. The zero-order valence-electron chi connectivity index (χ0n) is 20.4. The van der Waals surface area contributed by atoms with Crippen LogP contribution in [0.25, 0.3) is 0 Å². The monoisotopic (exact) mass is 411 g/mol. The van der Waals surface area contributed by atoms with Crippen LogP contribution < -0.4 is 0 Å². The van der Waals surface area contributed by atoms with E-state index in [0.29, 0.717) is 6.61 Å². The van der Waals surface area contributed by atoms with E-state index < -0.39 is 0 Å². The molecular weight excluding hydrogens is 356 g/mol. The quantitative estimate of drug-likeness (QED) is 0.139. The standard InChI is InChI=1S/C27H55O2/c1-4-6-8-10-12-14-16-18-20-22-24-28-26-27(3)29-25-23-21-19-17-15-13-11-9-7-5-2/h27H,3-26H2,1-2H3/t27-/m1/s1. The molecule has 0 aliphatic rings. The van der Waals surface area contributed by atoms with Gasteiger partial charge in [-0.2, -0.15) is 0 Å². The van der Waals surface area contributed by atoms with Crippen LogP contribution in [0.3, 0.4) is 0 Å². The minimum absolute atomic E-state index is 0.00307. The third-order valence-corrected chi connectivity index (χ3v) is 5.80. The molecule has 0 aliphatic heterocycles. The van der Waals surface area contributed by atoms with Gasteiger partial charge in [0.05, 0.1) is 12.7 Å². The van der Waals surface area contributed by atoms with Crippen molar-refractivity contribution in [2.45, 2.75) is 148 Å². The molecule has 0 aromatic rings. The van der Waals surface area contributed by atoms with Gasteiger partial charge in [0.15, 0.2) is 0 Å². The molecule has 1 atom stereocenters. The van der Waals surface area contributed by atoms with Crippen molar-refractivity contribution in [3.8, 4) is 0 Å². The molecule has 0 heterocycles.